The van der Waals surface area contributed by atoms with Gasteiger partial charge in [-0.1, -0.05) is 18.2 Å². The van der Waals surface area contributed by atoms with Gasteiger partial charge in [0, 0.05) is 19.0 Å². The van der Waals surface area contributed by atoms with Crippen molar-refractivity contribution in [2.24, 2.45) is 5.73 Å². The zero-order valence-electron chi connectivity index (χ0n) is 11.1. The number of nitrogens with two attached hydrogens (primary N) is 1. The number of hydrogen-bond acceptors (Lipinski definition) is 3. The predicted molar refractivity (Wildman–Crippen MR) is 72.6 cm³/mol. The van der Waals surface area contributed by atoms with Crippen molar-refractivity contribution in [3.05, 3.63) is 29.8 Å². The molecule has 0 saturated carbocycles. The van der Waals surface area contributed by atoms with Crippen LogP contribution in [-0.2, 0) is 11.2 Å². The maximum Gasteiger partial charge on any atom is 0.220 e. The third-order valence-electron chi connectivity index (χ3n) is 2.74. The summed E-state index contributed by atoms with van der Waals surface area (Å²) in [4.78, 5) is 11.6. The summed E-state index contributed by atoms with van der Waals surface area (Å²) in [7, 11) is 1.64. The van der Waals surface area contributed by atoms with Crippen molar-refractivity contribution in [1.82, 2.24) is 5.32 Å². The van der Waals surface area contributed by atoms with Gasteiger partial charge in [-0.2, -0.15) is 0 Å². The van der Waals surface area contributed by atoms with Gasteiger partial charge >= 0.3 is 0 Å². The smallest absolute Gasteiger partial charge is 0.220 e. The minimum atomic E-state index is 0.0570. The standard InChI is InChI=1S/C14H22N2O2/c1-11(15)9-10-16-14(17)8-7-12-5-3-4-6-13(12)18-2/h3-6,11H,7-10,15H2,1-2H3,(H,16,17). The lowest BCUT2D eigenvalue weighted by Gasteiger charge is -2.09. The van der Waals surface area contributed by atoms with Crippen molar-refractivity contribution in [1.29, 1.82) is 0 Å². The quantitative estimate of drug-likeness (QED) is 0.770. The molecule has 0 aliphatic heterocycles. The predicted octanol–water partition coefficient (Wildman–Crippen LogP) is 1.48. The molecule has 0 aliphatic rings. The van der Waals surface area contributed by atoms with E-state index in [9.17, 15) is 4.79 Å². The van der Waals surface area contributed by atoms with Crippen LogP contribution in [0.2, 0.25) is 0 Å². The Balaban J connectivity index is 2.33. The Morgan fingerprint density at radius 2 is 2.17 bits per heavy atom. The fourth-order valence-electron chi connectivity index (χ4n) is 1.69. The first-order valence-corrected chi connectivity index (χ1v) is 6.27. The highest BCUT2D eigenvalue weighted by Gasteiger charge is 2.06. The first-order chi connectivity index (χ1) is 8.63. The molecule has 1 rings (SSSR count). The van der Waals surface area contributed by atoms with E-state index in [2.05, 4.69) is 5.32 Å². The van der Waals surface area contributed by atoms with Crippen molar-refractivity contribution in [2.75, 3.05) is 13.7 Å². The second kappa shape index (κ2) is 7.71. The summed E-state index contributed by atoms with van der Waals surface area (Å²) >= 11 is 0. The minimum Gasteiger partial charge on any atom is -0.496 e. The molecule has 18 heavy (non-hydrogen) atoms. The number of hydrogen-bond donors (Lipinski definition) is 2. The molecule has 0 radical (unpaired) electrons. The van der Waals surface area contributed by atoms with Crippen LogP contribution in [0.4, 0.5) is 0 Å². The molecule has 1 amide bonds. The van der Waals surface area contributed by atoms with E-state index < -0.39 is 0 Å². The molecule has 0 aliphatic carbocycles. The highest BCUT2D eigenvalue weighted by atomic mass is 16.5. The van der Waals surface area contributed by atoms with Crippen molar-refractivity contribution in [3.63, 3.8) is 0 Å². The molecule has 0 spiro atoms. The Morgan fingerprint density at radius 3 is 2.83 bits per heavy atom. The molecule has 0 fully saturated rings. The van der Waals surface area contributed by atoms with Gasteiger partial charge in [-0.05, 0) is 31.4 Å². The lowest BCUT2D eigenvalue weighted by molar-refractivity contribution is -0.121. The molecular formula is C14H22N2O2. The Kier molecular flexibility index (Phi) is 6.22. The van der Waals surface area contributed by atoms with E-state index in [1.807, 2.05) is 31.2 Å². The van der Waals surface area contributed by atoms with Crippen molar-refractivity contribution < 1.29 is 9.53 Å². The van der Waals surface area contributed by atoms with Gasteiger partial charge in [-0.25, -0.2) is 0 Å². The minimum absolute atomic E-state index is 0.0570. The summed E-state index contributed by atoms with van der Waals surface area (Å²) in [6, 6.07) is 7.88. The fraction of sp³-hybridized carbons (Fsp3) is 0.500. The SMILES string of the molecule is COc1ccccc1CCC(=O)NCCC(C)N. The van der Waals surface area contributed by atoms with Crippen LogP contribution in [-0.4, -0.2) is 25.6 Å². The Labute approximate surface area is 109 Å². The fourth-order valence-corrected chi connectivity index (χ4v) is 1.69. The Hall–Kier alpha value is -1.55. The van der Waals surface area contributed by atoms with Crippen LogP contribution in [0.1, 0.15) is 25.3 Å². The molecule has 1 atom stereocenters. The van der Waals surface area contributed by atoms with E-state index in [0.717, 1.165) is 17.7 Å². The molecule has 4 nitrogen and oxygen atoms in total. The van der Waals surface area contributed by atoms with Gasteiger partial charge < -0.3 is 15.8 Å². The van der Waals surface area contributed by atoms with Crippen LogP contribution in [0.3, 0.4) is 0 Å². The van der Waals surface area contributed by atoms with Crippen LogP contribution in [0.5, 0.6) is 5.75 Å². The molecule has 0 bridgehead atoms. The molecule has 3 N–H and O–H groups in total. The maximum atomic E-state index is 11.6. The first-order valence-electron chi connectivity index (χ1n) is 6.27. The number of benzene rings is 1. The number of nitrogens with one attached hydrogen (secondary N) is 1. The molecule has 1 aromatic rings. The van der Waals surface area contributed by atoms with Gasteiger partial charge in [0.05, 0.1) is 7.11 Å². The normalized spacial score (nSPS) is 11.9. The van der Waals surface area contributed by atoms with E-state index >= 15 is 0 Å². The lowest BCUT2D eigenvalue weighted by atomic mass is 10.1. The molecule has 4 heteroatoms. The average Bonchev–Trinajstić information content (AvgIpc) is 2.36. The number of ether oxygens (including phenoxy) is 1. The van der Waals surface area contributed by atoms with Gasteiger partial charge in [0.1, 0.15) is 5.75 Å². The largest absolute Gasteiger partial charge is 0.496 e. The second-order valence-corrected chi connectivity index (χ2v) is 4.43. The van der Waals surface area contributed by atoms with Gasteiger partial charge in [-0.15, -0.1) is 0 Å². The monoisotopic (exact) mass is 250 g/mol. The number of rotatable bonds is 7. The summed E-state index contributed by atoms with van der Waals surface area (Å²) in [5.41, 5.74) is 6.67. The third-order valence-corrected chi connectivity index (χ3v) is 2.74. The molecule has 0 saturated heterocycles. The number of carbonyl (C=O) groups is 1. The molecule has 1 aromatic carbocycles. The Morgan fingerprint density at radius 1 is 1.44 bits per heavy atom. The molecule has 0 heterocycles. The number of aryl methyl sites for hydroxylation is 1. The third kappa shape index (κ3) is 5.19. The van der Waals surface area contributed by atoms with Crippen LogP contribution < -0.4 is 15.8 Å². The van der Waals surface area contributed by atoms with Crippen LogP contribution in [0, 0.1) is 0 Å². The maximum absolute atomic E-state index is 11.6. The molecule has 0 aromatic heterocycles. The van der Waals surface area contributed by atoms with Crippen LogP contribution >= 0.6 is 0 Å². The van der Waals surface area contributed by atoms with E-state index in [1.165, 1.54) is 0 Å². The van der Waals surface area contributed by atoms with E-state index in [-0.39, 0.29) is 11.9 Å². The van der Waals surface area contributed by atoms with Crippen LogP contribution in [0.25, 0.3) is 0 Å². The summed E-state index contributed by atoms with van der Waals surface area (Å²) < 4.78 is 5.24. The van der Waals surface area contributed by atoms with Crippen LogP contribution in [0.15, 0.2) is 24.3 Å². The zero-order valence-corrected chi connectivity index (χ0v) is 11.1. The lowest BCUT2D eigenvalue weighted by Crippen LogP contribution is -2.29. The molecular weight excluding hydrogens is 228 g/mol. The summed E-state index contributed by atoms with van der Waals surface area (Å²) in [5, 5.41) is 2.86. The topological polar surface area (TPSA) is 64.3 Å². The van der Waals surface area contributed by atoms with E-state index in [4.69, 9.17) is 10.5 Å². The van der Waals surface area contributed by atoms with Gasteiger partial charge in [0.25, 0.3) is 0 Å². The van der Waals surface area contributed by atoms with Crippen molar-refractivity contribution in [2.45, 2.75) is 32.2 Å². The summed E-state index contributed by atoms with van der Waals surface area (Å²) in [5.74, 6) is 0.891. The van der Waals surface area contributed by atoms with E-state index in [1.54, 1.807) is 7.11 Å². The average molecular weight is 250 g/mol. The summed E-state index contributed by atoms with van der Waals surface area (Å²) in [6.45, 7) is 2.57. The first kappa shape index (κ1) is 14.5. The summed E-state index contributed by atoms with van der Waals surface area (Å²) in [6.07, 6.45) is 1.97. The Bertz CT molecular complexity index is 378. The highest BCUT2D eigenvalue weighted by molar-refractivity contribution is 5.76. The van der Waals surface area contributed by atoms with Gasteiger partial charge in [-0.3, -0.25) is 4.79 Å². The second-order valence-electron chi connectivity index (χ2n) is 4.43. The van der Waals surface area contributed by atoms with E-state index in [0.29, 0.717) is 19.4 Å². The number of para-hydroxylation sites is 1. The highest BCUT2D eigenvalue weighted by Crippen LogP contribution is 2.18. The zero-order chi connectivity index (χ0) is 13.4. The molecule has 1 unspecified atom stereocenters. The van der Waals surface area contributed by atoms with Gasteiger partial charge in [0.2, 0.25) is 5.91 Å². The number of amides is 1. The number of carbonyl (C=O) groups excluding carboxylic acids is 1. The van der Waals surface area contributed by atoms with Crippen molar-refractivity contribution >= 4 is 5.91 Å². The van der Waals surface area contributed by atoms with Crippen molar-refractivity contribution in [3.8, 4) is 5.75 Å². The van der Waals surface area contributed by atoms with Gasteiger partial charge in [0.15, 0.2) is 0 Å². The molecule has 100 valence electrons. The number of methoxy groups -OCH3 is 1.